The van der Waals surface area contributed by atoms with Crippen LogP contribution in [-0.2, 0) is 0 Å². The quantitative estimate of drug-likeness (QED) is 0.635. The maximum atomic E-state index is 11.0. The van der Waals surface area contributed by atoms with Crippen molar-refractivity contribution >= 4 is 17.5 Å². The number of anilines is 2. The zero-order valence-corrected chi connectivity index (χ0v) is 12.6. The summed E-state index contributed by atoms with van der Waals surface area (Å²) in [4.78, 5) is 15.1. The molecule has 1 rings (SSSR count). The van der Waals surface area contributed by atoms with E-state index in [1.165, 1.54) is 31.5 Å². The van der Waals surface area contributed by atoms with E-state index in [9.17, 15) is 4.79 Å². The van der Waals surface area contributed by atoms with Crippen LogP contribution >= 0.6 is 0 Å². The zero-order chi connectivity index (χ0) is 15.2. The molecule has 1 heterocycles. The van der Waals surface area contributed by atoms with Crippen molar-refractivity contribution in [3.8, 4) is 0 Å². The Kier molecular flexibility index (Phi) is 5.80. The van der Waals surface area contributed by atoms with E-state index in [1.807, 2.05) is 0 Å². The van der Waals surface area contributed by atoms with E-state index in [-0.39, 0.29) is 16.7 Å². The lowest BCUT2D eigenvalue weighted by Gasteiger charge is -2.25. The number of rotatable bonds is 8. The van der Waals surface area contributed by atoms with Crippen LogP contribution in [0.3, 0.4) is 0 Å². The van der Waals surface area contributed by atoms with Crippen molar-refractivity contribution in [2.75, 3.05) is 17.6 Å². The smallest absolute Gasteiger partial charge is 0.337 e. The fourth-order valence-electron chi connectivity index (χ4n) is 2.02. The van der Waals surface area contributed by atoms with Crippen LogP contribution in [0.1, 0.15) is 56.8 Å². The van der Waals surface area contributed by atoms with Crippen LogP contribution in [-0.4, -0.2) is 22.6 Å². The summed E-state index contributed by atoms with van der Waals surface area (Å²) in [5.74, 6) is -0.477. The number of nitrogen functional groups attached to an aromatic ring is 1. The summed E-state index contributed by atoms with van der Waals surface area (Å²) in [5, 5.41) is 12.2. The third kappa shape index (κ3) is 5.07. The molecule has 112 valence electrons. The molecule has 4 N–H and O–H groups in total. The van der Waals surface area contributed by atoms with Crippen LogP contribution in [0.5, 0.6) is 0 Å². The first-order chi connectivity index (χ1) is 9.35. The molecule has 0 aromatic carbocycles. The van der Waals surface area contributed by atoms with Gasteiger partial charge in [-0.1, -0.05) is 40.0 Å². The molecule has 0 bridgehead atoms. The summed E-state index contributed by atoms with van der Waals surface area (Å²) in [5.41, 5.74) is 6.01. The minimum Gasteiger partial charge on any atom is -0.478 e. The van der Waals surface area contributed by atoms with Crippen LogP contribution in [0.2, 0.25) is 0 Å². The van der Waals surface area contributed by atoms with Gasteiger partial charge in [-0.3, -0.25) is 0 Å². The van der Waals surface area contributed by atoms with E-state index in [4.69, 9.17) is 10.8 Å². The Hall–Kier alpha value is -1.78. The standard InChI is InChI=1S/C15H25N3O2/c1-4-5-6-7-15(2,3)10-18-13-8-11(14(19)20)12(16)9-17-13/h8-9H,4-7,10,16H2,1-3H3,(H,17,18)(H,19,20). The lowest BCUT2D eigenvalue weighted by Crippen LogP contribution is -2.23. The Bertz CT molecular complexity index is 458. The van der Waals surface area contributed by atoms with Gasteiger partial charge < -0.3 is 16.2 Å². The van der Waals surface area contributed by atoms with Crippen molar-refractivity contribution < 1.29 is 9.90 Å². The maximum Gasteiger partial charge on any atom is 0.337 e. The highest BCUT2D eigenvalue weighted by atomic mass is 16.4. The van der Waals surface area contributed by atoms with Crippen LogP contribution in [0.4, 0.5) is 11.5 Å². The van der Waals surface area contributed by atoms with Gasteiger partial charge in [-0.05, 0) is 17.9 Å². The number of carboxylic acid groups (broad SMARTS) is 1. The van der Waals surface area contributed by atoms with Crippen LogP contribution in [0, 0.1) is 5.41 Å². The molecule has 0 spiro atoms. The number of pyridine rings is 1. The Morgan fingerprint density at radius 1 is 1.45 bits per heavy atom. The van der Waals surface area contributed by atoms with Gasteiger partial charge in [0.25, 0.3) is 0 Å². The third-order valence-electron chi connectivity index (χ3n) is 3.37. The molecule has 0 radical (unpaired) electrons. The van der Waals surface area contributed by atoms with Gasteiger partial charge in [0.05, 0.1) is 17.4 Å². The summed E-state index contributed by atoms with van der Waals surface area (Å²) in [7, 11) is 0. The lowest BCUT2D eigenvalue weighted by molar-refractivity contribution is 0.0698. The zero-order valence-electron chi connectivity index (χ0n) is 12.6. The molecule has 0 amide bonds. The van der Waals surface area contributed by atoms with E-state index >= 15 is 0 Å². The van der Waals surface area contributed by atoms with Gasteiger partial charge in [0.1, 0.15) is 5.82 Å². The second-order valence-corrected chi connectivity index (χ2v) is 5.94. The normalized spacial score (nSPS) is 11.3. The maximum absolute atomic E-state index is 11.0. The van der Waals surface area contributed by atoms with Crippen molar-refractivity contribution in [2.45, 2.75) is 46.5 Å². The number of aromatic carboxylic acids is 1. The second kappa shape index (κ2) is 7.12. The van der Waals surface area contributed by atoms with Crippen LogP contribution in [0.15, 0.2) is 12.3 Å². The van der Waals surface area contributed by atoms with Crippen molar-refractivity contribution in [3.63, 3.8) is 0 Å². The lowest BCUT2D eigenvalue weighted by atomic mass is 9.87. The van der Waals surface area contributed by atoms with Gasteiger partial charge in [-0.2, -0.15) is 0 Å². The minimum absolute atomic E-state index is 0.0892. The number of hydrogen-bond acceptors (Lipinski definition) is 4. The van der Waals surface area contributed by atoms with E-state index in [0.717, 1.165) is 13.0 Å². The molecule has 1 aromatic rings. The van der Waals surface area contributed by atoms with Crippen molar-refractivity contribution in [1.82, 2.24) is 4.98 Å². The molecular weight excluding hydrogens is 254 g/mol. The summed E-state index contributed by atoms with van der Waals surface area (Å²) < 4.78 is 0. The second-order valence-electron chi connectivity index (χ2n) is 5.94. The van der Waals surface area contributed by atoms with Gasteiger partial charge in [-0.25, -0.2) is 9.78 Å². The number of nitrogens with two attached hydrogens (primary N) is 1. The molecular formula is C15H25N3O2. The van der Waals surface area contributed by atoms with E-state index in [0.29, 0.717) is 5.82 Å². The number of nitrogens with zero attached hydrogens (tertiary/aromatic N) is 1. The Morgan fingerprint density at radius 3 is 2.75 bits per heavy atom. The highest BCUT2D eigenvalue weighted by Crippen LogP contribution is 2.24. The summed E-state index contributed by atoms with van der Waals surface area (Å²) in [6.07, 6.45) is 6.18. The minimum atomic E-state index is -1.03. The molecule has 1 aromatic heterocycles. The largest absolute Gasteiger partial charge is 0.478 e. The number of aromatic nitrogens is 1. The molecule has 0 fully saturated rings. The molecule has 0 unspecified atom stereocenters. The molecule has 20 heavy (non-hydrogen) atoms. The fraction of sp³-hybridized carbons (Fsp3) is 0.600. The highest BCUT2D eigenvalue weighted by Gasteiger charge is 2.18. The van der Waals surface area contributed by atoms with Crippen molar-refractivity contribution in [3.05, 3.63) is 17.8 Å². The van der Waals surface area contributed by atoms with Gasteiger partial charge >= 0.3 is 5.97 Å². The monoisotopic (exact) mass is 279 g/mol. The van der Waals surface area contributed by atoms with Crippen LogP contribution in [0.25, 0.3) is 0 Å². The van der Waals surface area contributed by atoms with Gasteiger partial charge in [-0.15, -0.1) is 0 Å². The Labute approximate surface area is 120 Å². The Morgan fingerprint density at radius 2 is 2.15 bits per heavy atom. The van der Waals surface area contributed by atoms with E-state index < -0.39 is 5.97 Å². The molecule has 0 aliphatic heterocycles. The average molecular weight is 279 g/mol. The molecule has 0 saturated carbocycles. The fourth-order valence-corrected chi connectivity index (χ4v) is 2.02. The molecule has 0 aliphatic carbocycles. The van der Waals surface area contributed by atoms with Crippen molar-refractivity contribution in [2.24, 2.45) is 5.41 Å². The Balaban J connectivity index is 2.61. The summed E-state index contributed by atoms with van der Waals surface area (Å²) in [6, 6.07) is 1.49. The molecule has 5 nitrogen and oxygen atoms in total. The summed E-state index contributed by atoms with van der Waals surface area (Å²) in [6.45, 7) is 7.35. The van der Waals surface area contributed by atoms with Gasteiger partial charge in [0.2, 0.25) is 0 Å². The summed E-state index contributed by atoms with van der Waals surface area (Å²) >= 11 is 0. The van der Waals surface area contributed by atoms with E-state index in [1.54, 1.807) is 0 Å². The predicted octanol–water partition coefficient (Wildman–Crippen LogP) is 3.38. The topological polar surface area (TPSA) is 88.2 Å². The highest BCUT2D eigenvalue weighted by molar-refractivity contribution is 5.94. The average Bonchev–Trinajstić information content (AvgIpc) is 2.37. The van der Waals surface area contributed by atoms with Crippen molar-refractivity contribution in [1.29, 1.82) is 0 Å². The number of nitrogens with one attached hydrogen (secondary N) is 1. The van der Waals surface area contributed by atoms with Crippen LogP contribution < -0.4 is 11.1 Å². The molecule has 0 aliphatic rings. The molecule has 5 heteroatoms. The van der Waals surface area contributed by atoms with Gasteiger partial charge in [0, 0.05) is 6.54 Å². The van der Waals surface area contributed by atoms with Gasteiger partial charge in [0.15, 0.2) is 0 Å². The first-order valence-electron chi connectivity index (χ1n) is 7.08. The first kappa shape index (κ1) is 16.3. The SMILES string of the molecule is CCCCCC(C)(C)CNc1cc(C(=O)O)c(N)cn1. The third-order valence-corrected chi connectivity index (χ3v) is 3.37. The number of unbranched alkanes of at least 4 members (excludes halogenated alkanes) is 2. The number of carboxylic acids is 1. The predicted molar refractivity (Wildman–Crippen MR) is 82.0 cm³/mol. The van der Waals surface area contributed by atoms with E-state index in [2.05, 4.69) is 31.1 Å². The number of carbonyl (C=O) groups is 1. The number of hydrogen-bond donors (Lipinski definition) is 3. The first-order valence-corrected chi connectivity index (χ1v) is 7.08. The molecule has 0 saturated heterocycles. The molecule has 0 atom stereocenters.